The van der Waals surface area contributed by atoms with Crippen LogP contribution in [0.4, 0.5) is 0 Å². The number of hydrogen-bond donors (Lipinski definition) is 1. The Morgan fingerprint density at radius 1 is 1.00 bits per heavy atom. The predicted octanol–water partition coefficient (Wildman–Crippen LogP) is 10.3. The summed E-state index contributed by atoms with van der Waals surface area (Å²) < 4.78 is 2.77. The fourth-order valence-electron chi connectivity index (χ4n) is 5.69. The molecule has 4 aromatic rings. The van der Waals surface area contributed by atoms with Gasteiger partial charge in [0, 0.05) is 38.0 Å². The quantitative estimate of drug-likeness (QED) is 0.0789. The number of aryl methyl sites for hydroxylation is 1. The molecule has 2 heterocycles. The second kappa shape index (κ2) is 16.1. The van der Waals surface area contributed by atoms with Crippen molar-refractivity contribution in [1.29, 1.82) is 0 Å². The summed E-state index contributed by atoms with van der Waals surface area (Å²) in [6.07, 6.45) is 6.63. The molecule has 1 radical (unpaired) electrons. The van der Waals surface area contributed by atoms with E-state index in [-0.39, 0.29) is 48.9 Å². The Kier molecular flexibility index (Phi) is 14.0. The average Bonchev–Trinajstić information content (AvgIpc) is 3.30. The number of rotatable bonds is 9. The molecule has 1 N–H and O–H groups in total. The fourth-order valence-corrected chi connectivity index (χ4v) is 12.2. The molecule has 241 valence electrons. The van der Waals surface area contributed by atoms with Crippen LogP contribution < -0.4 is 3.71 Å². The zero-order valence-electron chi connectivity index (χ0n) is 28.5. The van der Waals surface area contributed by atoms with Gasteiger partial charge in [0.05, 0.1) is 5.76 Å². The summed E-state index contributed by atoms with van der Waals surface area (Å²) in [6, 6.07) is 14.5. The van der Waals surface area contributed by atoms with Crippen molar-refractivity contribution in [2.75, 3.05) is 0 Å². The minimum Gasteiger partial charge on any atom is 0 e. The molecule has 44 heavy (non-hydrogen) atoms. The van der Waals surface area contributed by atoms with E-state index in [4.69, 9.17) is 4.98 Å². The van der Waals surface area contributed by atoms with Gasteiger partial charge in [-0.05, 0) is 25.7 Å². The maximum absolute atomic E-state index is 11.7. The van der Waals surface area contributed by atoms with E-state index >= 15 is 0 Å². The molecule has 7 heteroatoms. The summed E-state index contributed by atoms with van der Waals surface area (Å²) in [4.78, 5) is 21.1. The Morgan fingerprint density at radius 2 is 1.59 bits per heavy atom. The van der Waals surface area contributed by atoms with Gasteiger partial charge in [-0.3, -0.25) is 4.79 Å². The van der Waals surface area contributed by atoms with Gasteiger partial charge in [0.2, 0.25) is 0 Å². The SMILES string of the molecule is CCC(CC)C(=O)/C=C(\O)C(CC)CC.Cc1[c]([Ge]([CH3])([CH3])[CH3])sc2c(-c3[c-]c4ccccc4c(C(C)(C)C)c3)ncnc12.[Ir]. The summed E-state index contributed by atoms with van der Waals surface area (Å²) in [5.74, 6) is 7.89. The number of thiophene rings is 1. The van der Waals surface area contributed by atoms with Crippen LogP contribution in [0.1, 0.15) is 85.3 Å². The third-order valence-corrected chi connectivity index (χ3v) is 16.9. The zero-order valence-corrected chi connectivity index (χ0v) is 33.8. The smallest absolute Gasteiger partial charge is 0 e. The van der Waals surface area contributed by atoms with Crippen molar-refractivity contribution in [2.45, 2.75) is 104 Å². The number of aromatic nitrogens is 2. The standard InChI is InChI=1S/C24H27GeN2S.C13H24O2.Ir/c1-15-20-22(28-23(15)25(5,6)7)21(27-14-26-20)17-12-16-10-8-9-11-18(16)19(13-17)24(2,3)4;1-5-10(6-2)12(14)9-13(15)11(7-3)8-4;/h8-11,13-14H,1-7H3;9-11,14H,5-8H2,1-4H3;/q-1;;/b;12-9-;. The normalized spacial score (nSPS) is 12.4. The molecule has 0 aliphatic heterocycles. The second-order valence-corrected chi connectivity index (χ2v) is 25.9. The molecule has 0 saturated heterocycles. The summed E-state index contributed by atoms with van der Waals surface area (Å²) in [5.41, 5.74) is 5.95. The van der Waals surface area contributed by atoms with Crippen LogP contribution in [-0.4, -0.2) is 34.1 Å². The van der Waals surface area contributed by atoms with Crippen molar-refractivity contribution in [2.24, 2.45) is 11.8 Å². The first-order valence-electron chi connectivity index (χ1n) is 15.8. The van der Waals surface area contributed by atoms with E-state index in [9.17, 15) is 9.90 Å². The first kappa shape index (κ1) is 38.3. The molecule has 4 rings (SSSR count). The van der Waals surface area contributed by atoms with E-state index in [1.54, 1.807) is 10.0 Å². The topological polar surface area (TPSA) is 63.1 Å². The van der Waals surface area contributed by atoms with Gasteiger partial charge in [-0.2, -0.15) is 0 Å². The molecular formula is C37H51GeIrN2O2S-. The number of aliphatic hydroxyl groups excluding tert-OH is 1. The minimum absolute atomic E-state index is 0. The van der Waals surface area contributed by atoms with E-state index in [0.29, 0.717) is 0 Å². The molecule has 0 fully saturated rings. The van der Waals surface area contributed by atoms with Gasteiger partial charge < -0.3 is 5.11 Å². The molecule has 0 aliphatic rings. The van der Waals surface area contributed by atoms with Crippen molar-refractivity contribution < 1.29 is 30.0 Å². The van der Waals surface area contributed by atoms with Crippen LogP contribution >= 0.6 is 11.3 Å². The molecule has 0 atom stereocenters. The second-order valence-electron chi connectivity index (χ2n) is 13.6. The number of allylic oxidation sites excluding steroid dienone is 2. The van der Waals surface area contributed by atoms with Gasteiger partial charge in [-0.1, -0.05) is 27.7 Å². The Labute approximate surface area is 285 Å². The number of hydrogen-bond acceptors (Lipinski definition) is 5. The Bertz CT molecular complexity index is 1590. The van der Waals surface area contributed by atoms with Crippen LogP contribution in [0, 0.1) is 24.8 Å². The predicted molar refractivity (Wildman–Crippen MR) is 189 cm³/mol. The number of carbonyl (C=O) groups excluding carboxylic acids is 1. The third kappa shape index (κ3) is 8.90. The van der Waals surface area contributed by atoms with Crippen molar-refractivity contribution in [3.63, 3.8) is 0 Å². The largest absolute Gasteiger partial charge is 0 e. The van der Waals surface area contributed by atoms with Crippen LogP contribution in [0.25, 0.3) is 32.2 Å². The first-order chi connectivity index (χ1) is 20.2. The fraction of sp³-hybridized carbons (Fsp3) is 0.486. The Hall–Kier alpha value is -1.86. The van der Waals surface area contributed by atoms with Crippen LogP contribution in [-0.2, 0) is 30.3 Å². The summed E-state index contributed by atoms with van der Waals surface area (Å²) in [6.45, 7) is 17.1. The van der Waals surface area contributed by atoms with E-state index in [1.165, 1.54) is 27.3 Å². The molecular weight excluding hydrogens is 801 g/mol. The zero-order chi connectivity index (χ0) is 32.1. The van der Waals surface area contributed by atoms with Gasteiger partial charge in [-0.25, -0.2) is 0 Å². The van der Waals surface area contributed by atoms with E-state index < -0.39 is 13.3 Å². The van der Waals surface area contributed by atoms with E-state index in [0.717, 1.165) is 47.8 Å². The number of nitrogens with zero attached hydrogens (tertiary/aromatic N) is 2. The third-order valence-electron chi connectivity index (χ3n) is 8.31. The number of aliphatic hydroxyl groups is 1. The minimum atomic E-state index is -1.96. The molecule has 0 unspecified atom stereocenters. The van der Waals surface area contributed by atoms with Crippen LogP contribution in [0.2, 0.25) is 17.3 Å². The molecule has 0 amide bonds. The maximum Gasteiger partial charge on any atom is 0 e. The average molecular weight is 853 g/mol. The van der Waals surface area contributed by atoms with Gasteiger partial charge in [0.1, 0.15) is 0 Å². The molecule has 0 bridgehead atoms. The monoisotopic (exact) mass is 854 g/mol. The molecule has 0 aliphatic carbocycles. The Balaban J connectivity index is 0.000000363. The van der Waals surface area contributed by atoms with Crippen LogP contribution in [0.15, 0.2) is 48.5 Å². The molecule has 2 aromatic heterocycles. The van der Waals surface area contributed by atoms with Gasteiger partial charge in [0.25, 0.3) is 0 Å². The summed E-state index contributed by atoms with van der Waals surface area (Å²) in [5, 5.41) is 12.2. The van der Waals surface area contributed by atoms with Gasteiger partial charge >= 0.3 is 175 Å². The van der Waals surface area contributed by atoms with Crippen molar-refractivity contribution >= 4 is 55.1 Å². The van der Waals surface area contributed by atoms with Crippen molar-refractivity contribution in [3.05, 3.63) is 65.7 Å². The number of carbonyl (C=O) groups is 1. The molecule has 0 saturated carbocycles. The van der Waals surface area contributed by atoms with E-state index in [2.05, 4.69) is 86.3 Å². The maximum atomic E-state index is 11.7. The Morgan fingerprint density at radius 3 is 2.14 bits per heavy atom. The van der Waals surface area contributed by atoms with Crippen LogP contribution in [0.5, 0.6) is 0 Å². The van der Waals surface area contributed by atoms with E-state index in [1.807, 2.05) is 39.0 Å². The number of ketones is 1. The van der Waals surface area contributed by atoms with Gasteiger partial charge in [0.15, 0.2) is 5.78 Å². The van der Waals surface area contributed by atoms with Crippen molar-refractivity contribution in [3.8, 4) is 11.3 Å². The molecule has 0 spiro atoms. The molecule has 4 nitrogen and oxygen atoms in total. The summed E-state index contributed by atoms with van der Waals surface area (Å²) in [7, 11) is 0. The molecule has 2 aromatic carbocycles. The summed E-state index contributed by atoms with van der Waals surface area (Å²) >= 11 is -0.0523. The first-order valence-corrected chi connectivity index (χ1v) is 24.0. The van der Waals surface area contributed by atoms with Crippen LogP contribution in [0.3, 0.4) is 0 Å². The number of fused-ring (bicyclic) bond motifs is 2. The van der Waals surface area contributed by atoms with Gasteiger partial charge in [-0.15, -0.1) is 0 Å². The number of benzene rings is 2. The van der Waals surface area contributed by atoms with Crippen molar-refractivity contribution in [1.82, 2.24) is 9.97 Å².